The van der Waals surface area contributed by atoms with Gasteiger partial charge >= 0.3 is 0 Å². The number of methoxy groups -OCH3 is 1. The second kappa shape index (κ2) is 11.7. The van der Waals surface area contributed by atoms with Crippen LogP contribution in [0.4, 0.5) is 0 Å². The number of carbonyl (C=O) groups is 2. The van der Waals surface area contributed by atoms with E-state index in [4.69, 9.17) is 4.74 Å². The lowest BCUT2D eigenvalue weighted by molar-refractivity contribution is -0.140. The molecule has 0 aliphatic heterocycles. The van der Waals surface area contributed by atoms with Gasteiger partial charge in [-0.1, -0.05) is 72.8 Å². The van der Waals surface area contributed by atoms with E-state index in [-0.39, 0.29) is 18.2 Å². The summed E-state index contributed by atoms with van der Waals surface area (Å²) in [6, 6.07) is 26.6. The van der Waals surface area contributed by atoms with Gasteiger partial charge in [-0.15, -0.1) is 0 Å². The molecule has 166 valence electrons. The lowest BCUT2D eigenvalue weighted by Crippen LogP contribution is -2.48. The molecule has 5 heteroatoms. The van der Waals surface area contributed by atoms with Crippen LogP contribution in [0.25, 0.3) is 0 Å². The number of nitrogens with zero attached hydrogens (tertiary/aromatic N) is 1. The third kappa shape index (κ3) is 6.71. The van der Waals surface area contributed by atoms with Crippen LogP contribution in [0.3, 0.4) is 0 Å². The zero-order valence-corrected chi connectivity index (χ0v) is 18.7. The largest absolute Gasteiger partial charge is 0.497 e. The zero-order valence-electron chi connectivity index (χ0n) is 18.7. The summed E-state index contributed by atoms with van der Waals surface area (Å²) in [5, 5.41) is 2.98. The van der Waals surface area contributed by atoms with Crippen LogP contribution in [0.5, 0.6) is 5.75 Å². The maximum absolute atomic E-state index is 13.2. The van der Waals surface area contributed by atoms with E-state index < -0.39 is 6.04 Å². The van der Waals surface area contributed by atoms with Crippen LogP contribution in [0.15, 0.2) is 84.9 Å². The molecule has 3 aromatic carbocycles. The van der Waals surface area contributed by atoms with E-state index in [1.807, 2.05) is 84.9 Å². The smallest absolute Gasteiger partial charge is 0.242 e. The number of carbonyl (C=O) groups excluding carboxylic acids is 2. The molecular weight excluding hydrogens is 400 g/mol. The van der Waals surface area contributed by atoms with Crippen molar-refractivity contribution < 1.29 is 14.3 Å². The van der Waals surface area contributed by atoms with Gasteiger partial charge in [0.2, 0.25) is 11.8 Å². The van der Waals surface area contributed by atoms with E-state index in [1.165, 1.54) is 0 Å². The fraction of sp³-hybridized carbons (Fsp3) is 0.259. The molecule has 1 N–H and O–H groups in total. The maximum Gasteiger partial charge on any atom is 0.242 e. The van der Waals surface area contributed by atoms with E-state index in [9.17, 15) is 9.59 Å². The Hall–Kier alpha value is -3.60. The van der Waals surface area contributed by atoms with Crippen LogP contribution in [0.2, 0.25) is 0 Å². The SMILES string of the molecule is COc1ccc(CN(C(=O)Cc2ccccc2)[C@H](C)C(=O)NCCc2ccccc2)cc1. The van der Waals surface area contributed by atoms with E-state index >= 15 is 0 Å². The first-order valence-electron chi connectivity index (χ1n) is 10.8. The van der Waals surface area contributed by atoms with Gasteiger partial charge in [-0.05, 0) is 42.2 Å². The van der Waals surface area contributed by atoms with Crippen LogP contribution in [-0.2, 0) is 29.0 Å². The topological polar surface area (TPSA) is 58.6 Å². The van der Waals surface area contributed by atoms with Gasteiger partial charge < -0.3 is 15.0 Å². The molecule has 0 fully saturated rings. The molecular formula is C27H30N2O3. The van der Waals surface area contributed by atoms with Crippen molar-refractivity contribution in [3.05, 3.63) is 102 Å². The van der Waals surface area contributed by atoms with Gasteiger partial charge in [0.05, 0.1) is 13.5 Å². The van der Waals surface area contributed by atoms with Gasteiger partial charge in [-0.25, -0.2) is 0 Å². The molecule has 32 heavy (non-hydrogen) atoms. The molecule has 0 aliphatic carbocycles. The normalized spacial score (nSPS) is 11.4. The summed E-state index contributed by atoms with van der Waals surface area (Å²) in [6.45, 7) is 2.66. The third-order valence-corrected chi connectivity index (χ3v) is 5.43. The molecule has 0 spiro atoms. The number of rotatable bonds is 10. The van der Waals surface area contributed by atoms with Crippen molar-refractivity contribution in [2.45, 2.75) is 32.4 Å². The van der Waals surface area contributed by atoms with Gasteiger partial charge in [0, 0.05) is 13.1 Å². The second-order valence-electron chi connectivity index (χ2n) is 7.73. The molecule has 3 aromatic rings. The van der Waals surface area contributed by atoms with E-state index in [1.54, 1.807) is 18.9 Å². The minimum atomic E-state index is -0.593. The Morgan fingerprint density at radius 2 is 1.44 bits per heavy atom. The van der Waals surface area contributed by atoms with E-state index in [0.29, 0.717) is 13.1 Å². The molecule has 0 aliphatic rings. The van der Waals surface area contributed by atoms with Crippen molar-refractivity contribution in [2.75, 3.05) is 13.7 Å². The van der Waals surface area contributed by atoms with Crippen LogP contribution in [0, 0.1) is 0 Å². The van der Waals surface area contributed by atoms with Crippen molar-refractivity contribution in [1.82, 2.24) is 10.2 Å². The molecule has 5 nitrogen and oxygen atoms in total. The summed E-state index contributed by atoms with van der Waals surface area (Å²) in [6.07, 6.45) is 0.994. The number of ether oxygens (including phenoxy) is 1. The molecule has 0 bridgehead atoms. The van der Waals surface area contributed by atoms with Gasteiger partial charge in [0.15, 0.2) is 0 Å². The van der Waals surface area contributed by atoms with Gasteiger partial charge in [0.25, 0.3) is 0 Å². The summed E-state index contributed by atoms with van der Waals surface area (Å²) in [5.74, 6) is 0.510. The van der Waals surface area contributed by atoms with E-state index in [0.717, 1.165) is 28.9 Å². The summed E-state index contributed by atoms with van der Waals surface area (Å²) >= 11 is 0. The average molecular weight is 431 g/mol. The number of hydrogen-bond donors (Lipinski definition) is 1. The van der Waals surface area contributed by atoms with Crippen LogP contribution >= 0.6 is 0 Å². The lowest BCUT2D eigenvalue weighted by Gasteiger charge is -2.29. The molecule has 0 saturated heterocycles. The van der Waals surface area contributed by atoms with Crippen LogP contribution in [-0.4, -0.2) is 36.4 Å². The summed E-state index contributed by atoms with van der Waals surface area (Å²) < 4.78 is 5.22. The number of hydrogen-bond acceptors (Lipinski definition) is 3. The number of nitrogens with one attached hydrogen (secondary N) is 1. The predicted molar refractivity (Wildman–Crippen MR) is 126 cm³/mol. The quantitative estimate of drug-likeness (QED) is 0.529. The fourth-order valence-electron chi connectivity index (χ4n) is 3.50. The van der Waals surface area contributed by atoms with Crippen molar-refractivity contribution in [3.8, 4) is 5.75 Å². The van der Waals surface area contributed by atoms with Crippen LogP contribution in [0.1, 0.15) is 23.6 Å². The minimum absolute atomic E-state index is 0.0854. The highest BCUT2D eigenvalue weighted by molar-refractivity contribution is 5.88. The number of amides is 2. The Bertz CT molecular complexity index is 988. The van der Waals surface area contributed by atoms with Gasteiger partial charge in [-0.2, -0.15) is 0 Å². The maximum atomic E-state index is 13.2. The van der Waals surface area contributed by atoms with Crippen LogP contribution < -0.4 is 10.1 Å². The minimum Gasteiger partial charge on any atom is -0.497 e. The Morgan fingerprint density at radius 3 is 2.03 bits per heavy atom. The molecule has 0 aromatic heterocycles. The highest BCUT2D eigenvalue weighted by Crippen LogP contribution is 2.16. The Morgan fingerprint density at radius 1 is 0.844 bits per heavy atom. The first-order chi connectivity index (χ1) is 15.6. The first kappa shape index (κ1) is 23.1. The molecule has 2 amide bonds. The highest BCUT2D eigenvalue weighted by atomic mass is 16.5. The molecule has 0 saturated carbocycles. The summed E-state index contributed by atoms with van der Waals surface area (Å²) in [7, 11) is 1.62. The average Bonchev–Trinajstić information content (AvgIpc) is 2.83. The van der Waals surface area contributed by atoms with Gasteiger partial charge in [0.1, 0.15) is 11.8 Å². The highest BCUT2D eigenvalue weighted by Gasteiger charge is 2.26. The predicted octanol–water partition coefficient (Wildman–Crippen LogP) is 4.01. The molecule has 0 unspecified atom stereocenters. The Labute approximate surface area is 190 Å². The van der Waals surface area contributed by atoms with Gasteiger partial charge in [-0.3, -0.25) is 9.59 Å². The van der Waals surface area contributed by atoms with Crippen molar-refractivity contribution in [2.24, 2.45) is 0 Å². The fourth-order valence-corrected chi connectivity index (χ4v) is 3.50. The monoisotopic (exact) mass is 430 g/mol. The molecule has 0 heterocycles. The number of benzene rings is 3. The lowest BCUT2D eigenvalue weighted by atomic mass is 10.1. The summed E-state index contributed by atoms with van der Waals surface area (Å²) in [5.41, 5.74) is 3.03. The molecule has 1 atom stereocenters. The summed E-state index contributed by atoms with van der Waals surface area (Å²) in [4.78, 5) is 27.7. The Kier molecular flexibility index (Phi) is 8.44. The molecule has 3 rings (SSSR count). The van der Waals surface area contributed by atoms with Crippen molar-refractivity contribution in [1.29, 1.82) is 0 Å². The zero-order chi connectivity index (χ0) is 22.8. The van der Waals surface area contributed by atoms with E-state index in [2.05, 4.69) is 5.32 Å². The second-order valence-corrected chi connectivity index (χ2v) is 7.73. The third-order valence-electron chi connectivity index (χ3n) is 5.43. The van der Waals surface area contributed by atoms with Crippen molar-refractivity contribution in [3.63, 3.8) is 0 Å². The standard InChI is InChI=1S/C27H30N2O3/c1-21(27(31)28-18-17-22-9-5-3-6-10-22)29(20-24-13-15-25(32-2)16-14-24)26(30)19-23-11-7-4-8-12-23/h3-16,21H,17-20H2,1-2H3,(H,28,31)/t21-/m1/s1. The molecule has 0 radical (unpaired) electrons. The first-order valence-corrected chi connectivity index (χ1v) is 10.8. The van der Waals surface area contributed by atoms with Crippen molar-refractivity contribution >= 4 is 11.8 Å². The Balaban J connectivity index is 1.68.